The van der Waals surface area contributed by atoms with Gasteiger partial charge in [0, 0.05) is 17.7 Å². The Bertz CT molecular complexity index is 1180. The van der Waals surface area contributed by atoms with E-state index in [1.165, 1.54) is 16.9 Å². The molecule has 8 heteroatoms. The van der Waals surface area contributed by atoms with Gasteiger partial charge in [-0.2, -0.15) is 5.26 Å². The van der Waals surface area contributed by atoms with Gasteiger partial charge in [-0.3, -0.25) is 9.69 Å². The van der Waals surface area contributed by atoms with E-state index in [0.717, 1.165) is 21.4 Å². The van der Waals surface area contributed by atoms with Crippen LogP contribution in [0, 0.1) is 16.7 Å². The molecule has 1 aliphatic heterocycles. The fourth-order valence-electron chi connectivity index (χ4n) is 4.61. The van der Waals surface area contributed by atoms with E-state index in [0.29, 0.717) is 40.9 Å². The molecule has 0 radical (unpaired) electrons. The standard InChI is InChI=1S/C25H29N5OS2/c1-6-32-24-29-28-23(33-24)30-18-11-25(4,5)12-19(31)21(18)20(17(13-26)22(30)27)16-9-7-15(8-10-16)14(2)3/h7-10,14,20H,6,11-12,27H2,1-5H3. The molecule has 1 unspecified atom stereocenters. The Kier molecular flexibility index (Phi) is 6.39. The lowest BCUT2D eigenvalue weighted by Crippen LogP contribution is -2.42. The molecule has 0 saturated heterocycles. The maximum atomic E-state index is 13.6. The summed E-state index contributed by atoms with van der Waals surface area (Å²) in [5.41, 5.74) is 10.5. The molecular weight excluding hydrogens is 450 g/mol. The van der Waals surface area contributed by atoms with Gasteiger partial charge in [0.1, 0.15) is 5.82 Å². The van der Waals surface area contributed by atoms with E-state index < -0.39 is 5.92 Å². The number of anilines is 1. The second-order valence-corrected chi connectivity index (χ2v) is 12.1. The molecule has 1 atom stereocenters. The number of thioether (sulfide) groups is 1. The summed E-state index contributed by atoms with van der Waals surface area (Å²) in [4.78, 5) is 15.4. The molecule has 1 aliphatic carbocycles. The average molecular weight is 480 g/mol. The van der Waals surface area contributed by atoms with Crippen LogP contribution >= 0.6 is 23.1 Å². The third kappa shape index (κ3) is 4.32. The van der Waals surface area contributed by atoms with E-state index in [9.17, 15) is 10.1 Å². The normalized spacial score (nSPS) is 20.3. The lowest BCUT2D eigenvalue weighted by Gasteiger charge is -2.42. The van der Waals surface area contributed by atoms with Crippen molar-refractivity contribution in [3.63, 3.8) is 0 Å². The van der Waals surface area contributed by atoms with E-state index in [1.54, 1.807) is 11.8 Å². The van der Waals surface area contributed by atoms with Crippen molar-refractivity contribution >= 4 is 34.0 Å². The van der Waals surface area contributed by atoms with Crippen LogP contribution in [-0.4, -0.2) is 21.7 Å². The molecular formula is C25H29N5OS2. The Morgan fingerprint density at radius 3 is 2.58 bits per heavy atom. The Morgan fingerprint density at radius 2 is 1.97 bits per heavy atom. The first-order valence-corrected chi connectivity index (χ1v) is 13.0. The van der Waals surface area contributed by atoms with E-state index in [2.05, 4.69) is 63.0 Å². The van der Waals surface area contributed by atoms with Crippen molar-refractivity contribution in [2.75, 3.05) is 10.7 Å². The van der Waals surface area contributed by atoms with Crippen molar-refractivity contribution < 1.29 is 4.79 Å². The largest absolute Gasteiger partial charge is 0.384 e. The predicted octanol–water partition coefficient (Wildman–Crippen LogP) is 5.71. The van der Waals surface area contributed by atoms with Gasteiger partial charge in [0.05, 0.1) is 17.6 Å². The first kappa shape index (κ1) is 23.5. The van der Waals surface area contributed by atoms with E-state index in [4.69, 9.17) is 5.73 Å². The van der Waals surface area contributed by atoms with Crippen molar-refractivity contribution in [2.24, 2.45) is 11.1 Å². The third-order valence-corrected chi connectivity index (χ3v) is 8.10. The number of nitrogens with zero attached hydrogens (tertiary/aromatic N) is 4. The molecule has 4 rings (SSSR count). The summed E-state index contributed by atoms with van der Waals surface area (Å²) in [5.74, 6) is 1.22. The van der Waals surface area contributed by atoms with Crippen LogP contribution in [0.25, 0.3) is 0 Å². The van der Waals surface area contributed by atoms with Crippen LogP contribution in [0.3, 0.4) is 0 Å². The zero-order chi connectivity index (χ0) is 23.9. The quantitative estimate of drug-likeness (QED) is 0.548. The summed E-state index contributed by atoms with van der Waals surface area (Å²) < 4.78 is 0.841. The van der Waals surface area contributed by atoms with Gasteiger partial charge in [0.15, 0.2) is 10.1 Å². The number of ketones is 1. The number of aromatic nitrogens is 2. The van der Waals surface area contributed by atoms with E-state index >= 15 is 0 Å². The molecule has 0 fully saturated rings. The van der Waals surface area contributed by atoms with Gasteiger partial charge in [-0.25, -0.2) is 0 Å². The maximum absolute atomic E-state index is 13.6. The highest BCUT2D eigenvalue weighted by atomic mass is 32.2. The number of Topliss-reactive ketones (excluding diaryl/α,β-unsaturated/α-hetero) is 1. The molecule has 2 aromatic rings. The molecule has 1 aromatic heterocycles. The van der Waals surface area contributed by atoms with Gasteiger partial charge < -0.3 is 5.73 Å². The smallest absolute Gasteiger partial charge is 0.219 e. The van der Waals surface area contributed by atoms with Crippen LogP contribution in [0.5, 0.6) is 0 Å². The Balaban J connectivity index is 1.91. The number of hydrogen-bond acceptors (Lipinski definition) is 8. The molecule has 6 nitrogen and oxygen atoms in total. The van der Waals surface area contributed by atoms with Crippen LogP contribution in [0.4, 0.5) is 5.13 Å². The summed E-state index contributed by atoms with van der Waals surface area (Å²) in [5, 5.41) is 19.4. The van der Waals surface area contributed by atoms with Crippen LogP contribution < -0.4 is 10.6 Å². The monoisotopic (exact) mass is 479 g/mol. The third-order valence-electron chi connectivity index (χ3n) is 6.17. The zero-order valence-corrected chi connectivity index (χ0v) is 21.3. The molecule has 0 saturated carbocycles. The van der Waals surface area contributed by atoms with Gasteiger partial charge in [-0.05, 0) is 34.6 Å². The minimum Gasteiger partial charge on any atom is -0.384 e. The van der Waals surface area contributed by atoms with Crippen molar-refractivity contribution in [1.29, 1.82) is 5.26 Å². The van der Waals surface area contributed by atoms with E-state index in [1.807, 2.05) is 17.0 Å². The zero-order valence-electron chi connectivity index (χ0n) is 19.7. The summed E-state index contributed by atoms with van der Waals surface area (Å²) in [6, 6.07) is 10.5. The van der Waals surface area contributed by atoms with Crippen LogP contribution in [0.2, 0.25) is 0 Å². The molecule has 2 N–H and O–H groups in total. The predicted molar refractivity (Wildman–Crippen MR) is 134 cm³/mol. The molecule has 1 aromatic carbocycles. The Morgan fingerprint density at radius 1 is 1.27 bits per heavy atom. The second-order valence-electron chi connectivity index (χ2n) is 9.59. The molecule has 33 heavy (non-hydrogen) atoms. The number of rotatable bonds is 5. The minimum atomic E-state index is -0.469. The van der Waals surface area contributed by atoms with Crippen LogP contribution in [-0.2, 0) is 4.79 Å². The molecule has 2 heterocycles. The minimum absolute atomic E-state index is 0.0668. The highest BCUT2D eigenvalue weighted by Crippen LogP contribution is 2.50. The fourth-order valence-corrected chi connectivity index (χ4v) is 6.39. The number of nitriles is 1. The van der Waals surface area contributed by atoms with Gasteiger partial charge in [-0.15, -0.1) is 10.2 Å². The van der Waals surface area contributed by atoms with Gasteiger partial charge >= 0.3 is 0 Å². The number of hydrogen-bond donors (Lipinski definition) is 1. The first-order chi connectivity index (χ1) is 15.7. The van der Waals surface area contributed by atoms with E-state index in [-0.39, 0.29) is 11.2 Å². The summed E-state index contributed by atoms with van der Waals surface area (Å²) in [7, 11) is 0. The Hall–Kier alpha value is -2.63. The maximum Gasteiger partial charge on any atom is 0.219 e. The van der Waals surface area contributed by atoms with Crippen LogP contribution in [0.1, 0.15) is 70.4 Å². The molecule has 172 valence electrons. The highest BCUT2D eigenvalue weighted by Gasteiger charge is 2.45. The van der Waals surface area contributed by atoms with Crippen molar-refractivity contribution in [2.45, 2.75) is 63.6 Å². The van der Waals surface area contributed by atoms with Crippen molar-refractivity contribution in [1.82, 2.24) is 10.2 Å². The topological polar surface area (TPSA) is 95.9 Å². The molecule has 0 spiro atoms. The molecule has 0 amide bonds. The summed E-state index contributed by atoms with van der Waals surface area (Å²) >= 11 is 3.05. The number of carbonyl (C=O) groups is 1. The van der Waals surface area contributed by atoms with Crippen molar-refractivity contribution in [3.05, 3.63) is 58.1 Å². The average Bonchev–Trinajstić information content (AvgIpc) is 3.20. The fraction of sp³-hybridized carbons (Fsp3) is 0.440. The lowest BCUT2D eigenvalue weighted by atomic mass is 9.68. The second kappa shape index (κ2) is 8.96. The van der Waals surface area contributed by atoms with Gasteiger partial charge in [0.2, 0.25) is 5.13 Å². The number of carbonyl (C=O) groups excluding carboxylic acids is 1. The summed E-state index contributed by atoms with van der Waals surface area (Å²) in [6.07, 6.45) is 1.11. The Labute approximate surface area is 203 Å². The summed E-state index contributed by atoms with van der Waals surface area (Å²) in [6.45, 7) is 10.5. The lowest BCUT2D eigenvalue weighted by molar-refractivity contribution is -0.118. The molecule has 0 bridgehead atoms. The SMILES string of the molecule is CCSc1nnc(N2C(N)=C(C#N)C(c3ccc(C(C)C)cc3)C3=C2CC(C)(C)CC3=O)s1. The number of nitrogens with two attached hydrogens (primary N) is 1. The molecule has 2 aliphatic rings. The van der Waals surface area contributed by atoms with Gasteiger partial charge in [0.25, 0.3) is 0 Å². The first-order valence-electron chi connectivity index (χ1n) is 11.2. The van der Waals surface area contributed by atoms with Gasteiger partial charge in [-0.1, -0.05) is 82.0 Å². The van der Waals surface area contributed by atoms with Crippen LogP contribution in [0.15, 0.2) is 51.3 Å². The number of benzene rings is 1. The highest BCUT2D eigenvalue weighted by molar-refractivity contribution is 8.01. The number of allylic oxidation sites excluding steroid dienone is 3. The van der Waals surface area contributed by atoms with Crippen molar-refractivity contribution in [3.8, 4) is 6.07 Å².